The van der Waals surface area contributed by atoms with E-state index in [1.807, 2.05) is 45.0 Å². The summed E-state index contributed by atoms with van der Waals surface area (Å²) in [5.74, 6) is 1.28. The van der Waals surface area contributed by atoms with Crippen molar-refractivity contribution < 1.29 is 14.0 Å². The predicted molar refractivity (Wildman–Crippen MR) is 94.1 cm³/mol. The lowest BCUT2D eigenvalue weighted by molar-refractivity contribution is -0.116. The Kier molecular flexibility index (Phi) is 5.79. The van der Waals surface area contributed by atoms with Crippen molar-refractivity contribution in [2.75, 3.05) is 5.32 Å². The Balaban J connectivity index is 1.94. The van der Waals surface area contributed by atoms with Crippen LogP contribution < -0.4 is 10.6 Å². The van der Waals surface area contributed by atoms with Crippen LogP contribution in [0, 0.1) is 20.8 Å². The Bertz CT molecular complexity index is 730. The standard InChI is InChI=1S/C19H24N2O3/c1-5-6-17(22)21-16-9-7-15(8-10-16)11-20-19(23)18-12(2)13(3)24-14(18)4/h7-10H,5-6,11H2,1-4H3,(H,20,23)(H,21,22). The highest BCUT2D eigenvalue weighted by atomic mass is 16.3. The van der Waals surface area contributed by atoms with E-state index in [1.165, 1.54) is 0 Å². The fourth-order valence-corrected chi connectivity index (χ4v) is 2.55. The molecule has 5 heteroatoms. The molecule has 0 saturated heterocycles. The van der Waals surface area contributed by atoms with Gasteiger partial charge < -0.3 is 15.1 Å². The smallest absolute Gasteiger partial charge is 0.255 e. The molecule has 2 aromatic rings. The average Bonchev–Trinajstić information content (AvgIpc) is 2.79. The van der Waals surface area contributed by atoms with Crippen LogP contribution in [0.2, 0.25) is 0 Å². The van der Waals surface area contributed by atoms with Gasteiger partial charge in [0, 0.05) is 24.2 Å². The minimum atomic E-state index is -0.137. The van der Waals surface area contributed by atoms with Crippen molar-refractivity contribution in [3.8, 4) is 0 Å². The van der Waals surface area contributed by atoms with Gasteiger partial charge in [0.2, 0.25) is 5.91 Å². The summed E-state index contributed by atoms with van der Waals surface area (Å²) < 4.78 is 5.49. The number of carbonyl (C=O) groups excluding carboxylic acids is 2. The number of hydrogen-bond acceptors (Lipinski definition) is 3. The molecule has 1 aromatic heterocycles. The summed E-state index contributed by atoms with van der Waals surface area (Å²) in [6.45, 7) is 7.92. The van der Waals surface area contributed by atoms with Gasteiger partial charge >= 0.3 is 0 Å². The molecule has 0 aliphatic rings. The van der Waals surface area contributed by atoms with E-state index in [-0.39, 0.29) is 11.8 Å². The maximum Gasteiger partial charge on any atom is 0.255 e. The molecule has 0 radical (unpaired) electrons. The molecule has 24 heavy (non-hydrogen) atoms. The quantitative estimate of drug-likeness (QED) is 0.845. The Morgan fingerprint density at radius 2 is 1.71 bits per heavy atom. The van der Waals surface area contributed by atoms with Gasteiger partial charge in [-0.25, -0.2) is 0 Å². The number of amides is 2. The van der Waals surface area contributed by atoms with Crippen LogP contribution in [0.1, 0.15) is 52.8 Å². The third-order valence-electron chi connectivity index (χ3n) is 3.96. The maximum atomic E-state index is 12.3. The predicted octanol–water partition coefficient (Wildman–Crippen LogP) is 3.87. The molecule has 2 rings (SSSR count). The van der Waals surface area contributed by atoms with E-state index in [1.54, 1.807) is 6.92 Å². The van der Waals surface area contributed by atoms with Crippen molar-refractivity contribution in [2.45, 2.75) is 47.1 Å². The first-order valence-electron chi connectivity index (χ1n) is 8.16. The summed E-state index contributed by atoms with van der Waals surface area (Å²) in [6, 6.07) is 7.46. The van der Waals surface area contributed by atoms with Crippen LogP contribution in [0.3, 0.4) is 0 Å². The minimum absolute atomic E-state index is 0.0137. The van der Waals surface area contributed by atoms with Crippen molar-refractivity contribution in [3.63, 3.8) is 0 Å². The Hall–Kier alpha value is -2.56. The summed E-state index contributed by atoms with van der Waals surface area (Å²) in [6.07, 6.45) is 1.34. The van der Waals surface area contributed by atoms with Crippen LogP contribution in [-0.4, -0.2) is 11.8 Å². The Labute approximate surface area is 142 Å². The second-order valence-corrected chi connectivity index (χ2v) is 5.89. The molecule has 5 nitrogen and oxygen atoms in total. The van der Waals surface area contributed by atoms with Gasteiger partial charge in [0.1, 0.15) is 11.5 Å². The van der Waals surface area contributed by atoms with Gasteiger partial charge in [0.15, 0.2) is 0 Å². The van der Waals surface area contributed by atoms with Gasteiger partial charge in [-0.3, -0.25) is 9.59 Å². The number of aryl methyl sites for hydroxylation is 2. The molecule has 128 valence electrons. The molecule has 0 aliphatic heterocycles. The highest BCUT2D eigenvalue weighted by Gasteiger charge is 2.18. The van der Waals surface area contributed by atoms with E-state index >= 15 is 0 Å². The highest BCUT2D eigenvalue weighted by molar-refractivity contribution is 5.96. The number of benzene rings is 1. The van der Waals surface area contributed by atoms with E-state index in [0.717, 1.165) is 29.0 Å². The largest absolute Gasteiger partial charge is 0.466 e. The zero-order chi connectivity index (χ0) is 17.7. The zero-order valence-electron chi connectivity index (χ0n) is 14.7. The fraction of sp³-hybridized carbons (Fsp3) is 0.368. The minimum Gasteiger partial charge on any atom is -0.466 e. The third-order valence-corrected chi connectivity index (χ3v) is 3.96. The topological polar surface area (TPSA) is 71.3 Å². The van der Waals surface area contributed by atoms with Gasteiger partial charge in [-0.15, -0.1) is 0 Å². The van der Waals surface area contributed by atoms with Crippen LogP contribution in [0.4, 0.5) is 5.69 Å². The van der Waals surface area contributed by atoms with Crippen LogP contribution in [0.15, 0.2) is 28.7 Å². The Morgan fingerprint density at radius 1 is 1.04 bits per heavy atom. The number of rotatable bonds is 6. The van der Waals surface area contributed by atoms with Crippen LogP contribution in [-0.2, 0) is 11.3 Å². The SMILES string of the molecule is CCCC(=O)Nc1ccc(CNC(=O)c2c(C)oc(C)c2C)cc1. The zero-order valence-corrected chi connectivity index (χ0v) is 14.7. The number of anilines is 1. The summed E-state index contributed by atoms with van der Waals surface area (Å²) in [7, 11) is 0. The first-order valence-corrected chi connectivity index (χ1v) is 8.16. The first-order chi connectivity index (χ1) is 11.4. The second kappa shape index (κ2) is 7.81. The molecule has 2 amide bonds. The van der Waals surface area contributed by atoms with Crippen molar-refractivity contribution in [2.24, 2.45) is 0 Å². The molecule has 1 heterocycles. The van der Waals surface area contributed by atoms with Crippen molar-refractivity contribution in [1.82, 2.24) is 5.32 Å². The molecule has 0 unspecified atom stereocenters. The van der Waals surface area contributed by atoms with Crippen molar-refractivity contribution in [3.05, 3.63) is 52.5 Å². The van der Waals surface area contributed by atoms with Crippen molar-refractivity contribution >= 4 is 17.5 Å². The van der Waals surface area contributed by atoms with Crippen LogP contribution >= 0.6 is 0 Å². The summed E-state index contributed by atoms with van der Waals surface area (Å²) in [5, 5.41) is 5.74. The Morgan fingerprint density at radius 3 is 2.25 bits per heavy atom. The molecule has 0 saturated carbocycles. The highest BCUT2D eigenvalue weighted by Crippen LogP contribution is 2.20. The number of furan rings is 1. The molecule has 0 aliphatic carbocycles. The molecule has 0 spiro atoms. The summed E-state index contributed by atoms with van der Waals surface area (Å²) in [5.41, 5.74) is 3.21. The van der Waals surface area contributed by atoms with Crippen molar-refractivity contribution in [1.29, 1.82) is 0 Å². The normalized spacial score (nSPS) is 10.5. The maximum absolute atomic E-state index is 12.3. The van der Waals surface area contributed by atoms with Crippen LogP contribution in [0.25, 0.3) is 0 Å². The molecule has 0 fully saturated rings. The van der Waals surface area contributed by atoms with E-state index in [9.17, 15) is 9.59 Å². The molecule has 0 atom stereocenters. The van der Waals surface area contributed by atoms with E-state index < -0.39 is 0 Å². The average molecular weight is 328 g/mol. The molecular weight excluding hydrogens is 304 g/mol. The van der Waals surface area contributed by atoms with E-state index in [0.29, 0.717) is 24.3 Å². The van der Waals surface area contributed by atoms with E-state index in [4.69, 9.17) is 4.42 Å². The molecular formula is C19H24N2O3. The van der Waals surface area contributed by atoms with Gasteiger partial charge in [0.25, 0.3) is 5.91 Å². The third kappa shape index (κ3) is 4.25. The monoisotopic (exact) mass is 328 g/mol. The second-order valence-electron chi connectivity index (χ2n) is 5.89. The molecule has 1 aromatic carbocycles. The van der Waals surface area contributed by atoms with Gasteiger partial charge in [0.05, 0.1) is 5.56 Å². The number of hydrogen-bond donors (Lipinski definition) is 2. The lowest BCUT2D eigenvalue weighted by Crippen LogP contribution is -2.23. The lowest BCUT2D eigenvalue weighted by Gasteiger charge is -2.08. The lowest BCUT2D eigenvalue weighted by atomic mass is 10.1. The van der Waals surface area contributed by atoms with Crippen LogP contribution in [0.5, 0.6) is 0 Å². The first kappa shape index (κ1) is 17.8. The fourth-order valence-electron chi connectivity index (χ4n) is 2.55. The molecule has 0 bridgehead atoms. The molecule has 2 N–H and O–H groups in total. The van der Waals surface area contributed by atoms with Gasteiger partial charge in [-0.2, -0.15) is 0 Å². The summed E-state index contributed by atoms with van der Waals surface area (Å²) >= 11 is 0. The van der Waals surface area contributed by atoms with Gasteiger partial charge in [-0.05, 0) is 44.9 Å². The number of nitrogens with one attached hydrogen (secondary N) is 2. The van der Waals surface area contributed by atoms with E-state index in [2.05, 4.69) is 10.6 Å². The van der Waals surface area contributed by atoms with Gasteiger partial charge in [-0.1, -0.05) is 19.1 Å². The summed E-state index contributed by atoms with van der Waals surface area (Å²) in [4.78, 5) is 23.9. The number of carbonyl (C=O) groups is 2.